The molecule has 0 unspecified atom stereocenters. The molecule has 4 nitrogen and oxygen atoms in total. The number of H-pyrrole nitrogens is 1. The Kier molecular flexibility index (Phi) is 3.57. The minimum absolute atomic E-state index is 0.174. The first-order valence-electron chi connectivity index (χ1n) is 5.67. The van der Waals surface area contributed by atoms with Gasteiger partial charge in [0, 0.05) is 12.3 Å². The lowest BCUT2D eigenvalue weighted by Gasteiger charge is -2.08. The topological polar surface area (TPSA) is 59.2 Å². The highest BCUT2D eigenvalue weighted by molar-refractivity contribution is 5.97. The molecule has 0 aliphatic heterocycles. The van der Waals surface area contributed by atoms with E-state index in [1.807, 2.05) is 12.1 Å². The summed E-state index contributed by atoms with van der Waals surface area (Å²) in [4.78, 5) is 25.4. The average molecular weight is 243 g/mol. The highest BCUT2D eigenvalue weighted by atomic mass is 16.5. The van der Waals surface area contributed by atoms with Gasteiger partial charge in [0.2, 0.25) is 5.56 Å². The van der Waals surface area contributed by atoms with Crippen LogP contribution < -0.4 is 5.56 Å². The standard InChI is InChI=1S/C14H13NO3/c1-2-18-14(17)12-6-4-3-5-11(12)10-7-8-13(16)15-9-10/h3-9H,2H2,1H3,(H,15,16). The van der Waals surface area contributed by atoms with Crippen LogP contribution in [-0.2, 0) is 4.74 Å². The van der Waals surface area contributed by atoms with Gasteiger partial charge < -0.3 is 9.72 Å². The van der Waals surface area contributed by atoms with Gasteiger partial charge in [0.15, 0.2) is 0 Å². The van der Waals surface area contributed by atoms with Crippen LogP contribution in [0, 0.1) is 0 Å². The molecule has 0 atom stereocenters. The maximum Gasteiger partial charge on any atom is 0.338 e. The fourth-order valence-corrected chi connectivity index (χ4v) is 1.70. The summed E-state index contributed by atoms with van der Waals surface area (Å²) in [5.74, 6) is -0.362. The highest BCUT2D eigenvalue weighted by Crippen LogP contribution is 2.22. The fourth-order valence-electron chi connectivity index (χ4n) is 1.70. The van der Waals surface area contributed by atoms with Crippen molar-refractivity contribution < 1.29 is 9.53 Å². The van der Waals surface area contributed by atoms with E-state index in [-0.39, 0.29) is 11.5 Å². The Balaban J connectivity index is 2.47. The number of aromatic nitrogens is 1. The summed E-state index contributed by atoms with van der Waals surface area (Å²) in [6.45, 7) is 2.10. The summed E-state index contributed by atoms with van der Waals surface area (Å²) in [5.41, 5.74) is 1.84. The molecule has 0 saturated carbocycles. The summed E-state index contributed by atoms with van der Waals surface area (Å²) >= 11 is 0. The SMILES string of the molecule is CCOC(=O)c1ccccc1-c1ccc(=O)[nH]c1. The lowest BCUT2D eigenvalue weighted by atomic mass is 10.0. The molecule has 2 aromatic rings. The lowest BCUT2D eigenvalue weighted by Crippen LogP contribution is -2.07. The van der Waals surface area contributed by atoms with Crippen LogP contribution in [0.15, 0.2) is 47.4 Å². The van der Waals surface area contributed by atoms with E-state index in [9.17, 15) is 9.59 Å². The number of aromatic amines is 1. The maximum atomic E-state index is 11.8. The molecular formula is C14H13NO3. The molecule has 18 heavy (non-hydrogen) atoms. The molecule has 0 saturated heterocycles. The van der Waals surface area contributed by atoms with Crippen molar-refractivity contribution in [3.63, 3.8) is 0 Å². The Morgan fingerprint density at radius 2 is 2.00 bits per heavy atom. The lowest BCUT2D eigenvalue weighted by molar-refractivity contribution is 0.0527. The molecule has 0 fully saturated rings. The number of ether oxygens (including phenoxy) is 1. The van der Waals surface area contributed by atoms with Crippen LogP contribution in [-0.4, -0.2) is 17.6 Å². The van der Waals surface area contributed by atoms with Crippen LogP contribution in [0.3, 0.4) is 0 Å². The van der Waals surface area contributed by atoms with Crippen molar-refractivity contribution in [1.82, 2.24) is 4.98 Å². The zero-order chi connectivity index (χ0) is 13.0. The number of carbonyl (C=O) groups excluding carboxylic acids is 1. The molecule has 1 aromatic heterocycles. The molecule has 0 aliphatic rings. The summed E-state index contributed by atoms with van der Waals surface area (Å²) in [7, 11) is 0. The molecule has 1 N–H and O–H groups in total. The number of rotatable bonds is 3. The Bertz CT molecular complexity index is 596. The molecule has 0 spiro atoms. The molecule has 1 heterocycles. The monoisotopic (exact) mass is 243 g/mol. The molecule has 0 radical (unpaired) electrons. The highest BCUT2D eigenvalue weighted by Gasteiger charge is 2.12. The smallest absolute Gasteiger partial charge is 0.338 e. The van der Waals surface area contributed by atoms with Gasteiger partial charge in [-0.1, -0.05) is 18.2 Å². The Morgan fingerprint density at radius 3 is 2.67 bits per heavy atom. The molecule has 4 heteroatoms. The molecule has 2 rings (SSSR count). The summed E-state index contributed by atoms with van der Waals surface area (Å²) in [6.07, 6.45) is 1.58. The third kappa shape index (κ3) is 2.48. The molecule has 92 valence electrons. The van der Waals surface area contributed by atoms with Gasteiger partial charge in [-0.05, 0) is 30.2 Å². The first-order valence-corrected chi connectivity index (χ1v) is 5.67. The van der Waals surface area contributed by atoms with Gasteiger partial charge in [0.05, 0.1) is 12.2 Å². The normalized spacial score (nSPS) is 10.1. The van der Waals surface area contributed by atoms with Crippen LogP contribution in [0.5, 0.6) is 0 Å². The zero-order valence-corrected chi connectivity index (χ0v) is 9.97. The minimum atomic E-state index is -0.362. The number of pyridine rings is 1. The van der Waals surface area contributed by atoms with Gasteiger partial charge in [-0.15, -0.1) is 0 Å². The Labute approximate surface area is 104 Å². The number of hydrogen-bond donors (Lipinski definition) is 1. The quantitative estimate of drug-likeness (QED) is 0.841. The number of hydrogen-bond acceptors (Lipinski definition) is 3. The van der Waals surface area contributed by atoms with Gasteiger partial charge in [0.25, 0.3) is 0 Å². The van der Waals surface area contributed by atoms with Crippen molar-refractivity contribution in [2.45, 2.75) is 6.92 Å². The van der Waals surface area contributed by atoms with Crippen molar-refractivity contribution in [3.05, 3.63) is 58.5 Å². The second kappa shape index (κ2) is 5.31. The Hall–Kier alpha value is -2.36. The third-order valence-electron chi connectivity index (χ3n) is 2.52. The van der Waals surface area contributed by atoms with Gasteiger partial charge in [0.1, 0.15) is 0 Å². The van der Waals surface area contributed by atoms with Crippen LogP contribution >= 0.6 is 0 Å². The van der Waals surface area contributed by atoms with E-state index >= 15 is 0 Å². The number of benzene rings is 1. The van der Waals surface area contributed by atoms with Gasteiger partial charge in [-0.3, -0.25) is 4.79 Å². The van der Waals surface area contributed by atoms with E-state index in [0.717, 1.165) is 11.1 Å². The average Bonchev–Trinajstić information content (AvgIpc) is 2.40. The van der Waals surface area contributed by atoms with E-state index in [2.05, 4.69) is 4.98 Å². The molecule has 1 aromatic carbocycles. The minimum Gasteiger partial charge on any atom is -0.462 e. The van der Waals surface area contributed by atoms with Crippen LogP contribution in [0.1, 0.15) is 17.3 Å². The first kappa shape index (κ1) is 12.1. The zero-order valence-electron chi connectivity index (χ0n) is 9.97. The Morgan fingerprint density at radius 1 is 1.22 bits per heavy atom. The van der Waals surface area contributed by atoms with Crippen LogP contribution in [0.4, 0.5) is 0 Å². The van der Waals surface area contributed by atoms with Gasteiger partial charge in [-0.25, -0.2) is 4.79 Å². The summed E-state index contributed by atoms with van der Waals surface area (Å²) in [5, 5.41) is 0. The second-order valence-corrected chi connectivity index (χ2v) is 3.71. The van der Waals surface area contributed by atoms with Crippen LogP contribution in [0.2, 0.25) is 0 Å². The predicted molar refractivity (Wildman–Crippen MR) is 68.5 cm³/mol. The fraction of sp³-hybridized carbons (Fsp3) is 0.143. The van der Waals surface area contributed by atoms with E-state index in [4.69, 9.17) is 4.74 Å². The molecule has 0 bridgehead atoms. The maximum absolute atomic E-state index is 11.8. The van der Waals surface area contributed by atoms with E-state index in [0.29, 0.717) is 12.2 Å². The summed E-state index contributed by atoms with van der Waals surface area (Å²) in [6, 6.07) is 10.2. The van der Waals surface area contributed by atoms with E-state index in [1.165, 1.54) is 6.07 Å². The molecular weight excluding hydrogens is 230 g/mol. The number of esters is 1. The van der Waals surface area contributed by atoms with E-state index in [1.54, 1.807) is 31.3 Å². The molecule has 0 aliphatic carbocycles. The van der Waals surface area contributed by atoms with Crippen molar-refractivity contribution in [2.24, 2.45) is 0 Å². The van der Waals surface area contributed by atoms with E-state index < -0.39 is 0 Å². The van der Waals surface area contributed by atoms with Crippen molar-refractivity contribution >= 4 is 5.97 Å². The van der Waals surface area contributed by atoms with Crippen LogP contribution in [0.25, 0.3) is 11.1 Å². The predicted octanol–water partition coefficient (Wildman–Crippen LogP) is 2.22. The van der Waals surface area contributed by atoms with Gasteiger partial charge in [-0.2, -0.15) is 0 Å². The van der Waals surface area contributed by atoms with Crippen molar-refractivity contribution in [3.8, 4) is 11.1 Å². The van der Waals surface area contributed by atoms with Crippen molar-refractivity contribution in [1.29, 1.82) is 0 Å². The second-order valence-electron chi connectivity index (χ2n) is 3.71. The number of nitrogens with one attached hydrogen (secondary N) is 1. The van der Waals surface area contributed by atoms with Crippen molar-refractivity contribution in [2.75, 3.05) is 6.61 Å². The van der Waals surface area contributed by atoms with Gasteiger partial charge >= 0.3 is 5.97 Å². The summed E-state index contributed by atoms with van der Waals surface area (Å²) < 4.78 is 5.00. The molecule has 0 amide bonds. The first-order chi connectivity index (χ1) is 8.72. The third-order valence-corrected chi connectivity index (χ3v) is 2.52. The largest absolute Gasteiger partial charge is 0.462 e. The number of carbonyl (C=O) groups is 1.